The Hall–Kier alpha value is -2.89. The highest BCUT2D eigenvalue weighted by atomic mass is 16.5. The molecule has 2 amide bonds. The summed E-state index contributed by atoms with van der Waals surface area (Å²) in [7, 11) is 0. The smallest absolute Gasteiger partial charge is 0.272 e. The molecule has 0 unspecified atom stereocenters. The van der Waals surface area contributed by atoms with Gasteiger partial charge in [0.05, 0.1) is 0 Å². The van der Waals surface area contributed by atoms with Crippen molar-refractivity contribution in [2.24, 2.45) is 0 Å². The molecule has 1 fully saturated rings. The standard InChI is InChI=1S/C20H23N3O3/c1-15-6-7-18(16(2)13-15)26-14-19(24)22-9-11-23(12-10-22)20(25)17-5-3-4-8-21-17/h3-8,13H,9-12,14H2,1-2H3. The number of hydrogen-bond acceptors (Lipinski definition) is 4. The first kappa shape index (κ1) is 17.9. The monoisotopic (exact) mass is 353 g/mol. The Morgan fingerprint density at radius 1 is 1.04 bits per heavy atom. The third kappa shape index (κ3) is 4.20. The van der Waals surface area contributed by atoms with E-state index in [-0.39, 0.29) is 18.4 Å². The molecule has 0 N–H and O–H groups in total. The third-order valence-corrected chi connectivity index (χ3v) is 4.49. The van der Waals surface area contributed by atoms with Crippen LogP contribution in [0.1, 0.15) is 21.6 Å². The van der Waals surface area contributed by atoms with Gasteiger partial charge in [0, 0.05) is 32.4 Å². The van der Waals surface area contributed by atoms with E-state index in [1.807, 2.05) is 32.0 Å². The van der Waals surface area contributed by atoms with Gasteiger partial charge in [0.15, 0.2) is 6.61 Å². The van der Waals surface area contributed by atoms with Crippen molar-refractivity contribution in [3.8, 4) is 5.75 Å². The number of pyridine rings is 1. The quantitative estimate of drug-likeness (QED) is 0.844. The van der Waals surface area contributed by atoms with Crippen LogP contribution in [0.4, 0.5) is 0 Å². The maximum atomic E-state index is 12.4. The molecule has 6 nitrogen and oxygen atoms in total. The van der Waals surface area contributed by atoms with Gasteiger partial charge in [-0.3, -0.25) is 14.6 Å². The van der Waals surface area contributed by atoms with Crippen LogP contribution in [0.15, 0.2) is 42.6 Å². The maximum Gasteiger partial charge on any atom is 0.272 e. The van der Waals surface area contributed by atoms with Crippen LogP contribution in [0.2, 0.25) is 0 Å². The number of aryl methyl sites for hydroxylation is 2. The molecular formula is C20H23N3O3. The number of carbonyl (C=O) groups excluding carboxylic acids is 2. The molecule has 0 atom stereocenters. The second kappa shape index (κ2) is 7.99. The minimum atomic E-state index is -0.0933. The lowest BCUT2D eigenvalue weighted by Crippen LogP contribution is -2.51. The molecule has 1 aliphatic heterocycles. The summed E-state index contributed by atoms with van der Waals surface area (Å²) < 4.78 is 5.67. The van der Waals surface area contributed by atoms with Gasteiger partial charge in [-0.1, -0.05) is 23.8 Å². The zero-order valence-corrected chi connectivity index (χ0v) is 15.1. The summed E-state index contributed by atoms with van der Waals surface area (Å²) >= 11 is 0. The molecule has 1 aromatic heterocycles. The van der Waals surface area contributed by atoms with Gasteiger partial charge < -0.3 is 14.5 Å². The zero-order chi connectivity index (χ0) is 18.5. The molecular weight excluding hydrogens is 330 g/mol. The normalized spacial score (nSPS) is 14.2. The molecule has 2 aromatic rings. The maximum absolute atomic E-state index is 12.4. The molecule has 0 spiro atoms. The second-order valence-corrected chi connectivity index (χ2v) is 6.45. The first-order chi connectivity index (χ1) is 12.5. The van der Waals surface area contributed by atoms with Gasteiger partial charge in [-0.2, -0.15) is 0 Å². The molecule has 2 heterocycles. The summed E-state index contributed by atoms with van der Waals surface area (Å²) in [5.74, 6) is 0.576. The molecule has 0 bridgehead atoms. The predicted octanol–water partition coefficient (Wildman–Crippen LogP) is 2.06. The van der Waals surface area contributed by atoms with Crippen LogP contribution >= 0.6 is 0 Å². The highest BCUT2D eigenvalue weighted by Crippen LogP contribution is 2.18. The van der Waals surface area contributed by atoms with Crippen LogP contribution in [-0.4, -0.2) is 59.4 Å². The summed E-state index contributed by atoms with van der Waals surface area (Å²) in [6.07, 6.45) is 1.61. The van der Waals surface area contributed by atoms with Gasteiger partial charge in [0.2, 0.25) is 0 Å². The van der Waals surface area contributed by atoms with E-state index in [4.69, 9.17) is 4.74 Å². The van der Waals surface area contributed by atoms with E-state index in [2.05, 4.69) is 4.98 Å². The molecule has 1 saturated heterocycles. The zero-order valence-electron chi connectivity index (χ0n) is 15.1. The fraction of sp³-hybridized carbons (Fsp3) is 0.350. The van der Waals surface area contributed by atoms with Gasteiger partial charge >= 0.3 is 0 Å². The van der Waals surface area contributed by atoms with E-state index in [9.17, 15) is 9.59 Å². The highest BCUT2D eigenvalue weighted by Gasteiger charge is 2.25. The number of piperazine rings is 1. The number of benzene rings is 1. The minimum Gasteiger partial charge on any atom is -0.484 e. The van der Waals surface area contributed by atoms with Crippen LogP contribution in [-0.2, 0) is 4.79 Å². The number of nitrogens with zero attached hydrogens (tertiary/aromatic N) is 3. The molecule has 6 heteroatoms. The predicted molar refractivity (Wildman–Crippen MR) is 98.1 cm³/mol. The van der Waals surface area contributed by atoms with Crippen molar-refractivity contribution >= 4 is 11.8 Å². The van der Waals surface area contributed by atoms with Crippen molar-refractivity contribution in [3.05, 3.63) is 59.4 Å². The number of amides is 2. The SMILES string of the molecule is Cc1ccc(OCC(=O)N2CCN(C(=O)c3ccccn3)CC2)c(C)c1. The summed E-state index contributed by atoms with van der Waals surface area (Å²) in [6.45, 7) is 6.03. The number of hydrogen-bond donors (Lipinski definition) is 0. The second-order valence-electron chi connectivity index (χ2n) is 6.45. The van der Waals surface area contributed by atoms with Gasteiger partial charge in [-0.25, -0.2) is 0 Å². The summed E-state index contributed by atoms with van der Waals surface area (Å²) in [5, 5.41) is 0. The van der Waals surface area contributed by atoms with Crippen molar-refractivity contribution in [2.75, 3.05) is 32.8 Å². The Labute approximate surface area is 153 Å². The lowest BCUT2D eigenvalue weighted by atomic mass is 10.1. The lowest BCUT2D eigenvalue weighted by molar-refractivity contribution is -0.134. The highest BCUT2D eigenvalue weighted by molar-refractivity contribution is 5.92. The Balaban J connectivity index is 1.50. The van der Waals surface area contributed by atoms with Crippen LogP contribution in [0.5, 0.6) is 5.75 Å². The fourth-order valence-corrected chi connectivity index (χ4v) is 3.00. The molecule has 1 aromatic carbocycles. The molecule has 3 rings (SSSR count). The van der Waals surface area contributed by atoms with Gasteiger partial charge in [0.1, 0.15) is 11.4 Å². The summed E-state index contributed by atoms with van der Waals surface area (Å²) in [4.78, 5) is 32.3. The van der Waals surface area contributed by atoms with E-state index >= 15 is 0 Å². The van der Waals surface area contributed by atoms with Crippen LogP contribution in [0.25, 0.3) is 0 Å². The molecule has 0 aliphatic carbocycles. The molecule has 1 aliphatic rings. The first-order valence-corrected chi connectivity index (χ1v) is 8.73. The van der Waals surface area contributed by atoms with E-state index in [0.29, 0.717) is 31.9 Å². The van der Waals surface area contributed by atoms with Gasteiger partial charge in [0.25, 0.3) is 11.8 Å². The van der Waals surface area contributed by atoms with Crippen molar-refractivity contribution in [2.45, 2.75) is 13.8 Å². The lowest BCUT2D eigenvalue weighted by Gasteiger charge is -2.34. The van der Waals surface area contributed by atoms with Crippen molar-refractivity contribution in [1.29, 1.82) is 0 Å². The van der Waals surface area contributed by atoms with Crippen molar-refractivity contribution in [1.82, 2.24) is 14.8 Å². The Bertz CT molecular complexity index is 784. The number of aromatic nitrogens is 1. The van der Waals surface area contributed by atoms with E-state index < -0.39 is 0 Å². The Kier molecular flexibility index (Phi) is 5.51. The average molecular weight is 353 g/mol. The number of carbonyl (C=O) groups is 2. The first-order valence-electron chi connectivity index (χ1n) is 8.73. The summed E-state index contributed by atoms with van der Waals surface area (Å²) in [6, 6.07) is 11.2. The van der Waals surface area contributed by atoms with E-state index in [1.165, 1.54) is 0 Å². The number of rotatable bonds is 4. The van der Waals surface area contributed by atoms with Crippen LogP contribution < -0.4 is 4.74 Å². The van der Waals surface area contributed by atoms with Crippen molar-refractivity contribution < 1.29 is 14.3 Å². The number of ether oxygens (including phenoxy) is 1. The average Bonchev–Trinajstić information content (AvgIpc) is 2.67. The van der Waals surface area contributed by atoms with Crippen molar-refractivity contribution in [3.63, 3.8) is 0 Å². The minimum absolute atomic E-state index is 0.0120. The van der Waals surface area contributed by atoms with Gasteiger partial charge in [-0.15, -0.1) is 0 Å². The molecule has 0 radical (unpaired) electrons. The van der Waals surface area contributed by atoms with E-state index in [1.54, 1.807) is 34.2 Å². The molecule has 26 heavy (non-hydrogen) atoms. The van der Waals surface area contributed by atoms with E-state index in [0.717, 1.165) is 16.9 Å². The largest absolute Gasteiger partial charge is 0.484 e. The third-order valence-electron chi connectivity index (χ3n) is 4.49. The molecule has 136 valence electrons. The summed E-state index contributed by atoms with van der Waals surface area (Å²) in [5.41, 5.74) is 2.61. The van der Waals surface area contributed by atoms with Gasteiger partial charge in [-0.05, 0) is 37.6 Å². The van der Waals surface area contributed by atoms with Crippen LogP contribution in [0.3, 0.4) is 0 Å². The fourth-order valence-electron chi connectivity index (χ4n) is 3.00. The Morgan fingerprint density at radius 3 is 2.42 bits per heavy atom. The Morgan fingerprint density at radius 2 is 1.77 bits per heavy atom. The molecule has 0 saturated carbocycles. The van der Waals surface area contributed by atoms with Crippen LogP contribution in [0, 0.1) is 13.8 Å². The topological polar surface area (TPSA) is 62.7 Å².